The molecular formula is C10H22NO6P. The number of amides is 1. The van der Waals surface area contributed by atoms with Gasteiger partial charge >= 0.3 is 13.7 Å². The Morgan fingerprint density at radius 3 is 2.22 bits per heavy atom. The normalized spacial score (nSPS) is 11.3. The maximum Gasteiger partial charge on any atom is 0.408 e. The molecule has 0 atom stereocenters. The minimum absolute atomic E-state index is 0.00289. The van der Waals surface area contributed by atoms with Gasteiger partial charge in [0.05, 0.1) is 32.6 Å². The molecule has 8 heteroatoms. The molecule has 0 rings (SSSR count). The molecule has 0 saturated carbocycles. The summed E-state index contributed by atoms with van der Waals surface area (Å²) in [6, 6.07) is 0. The molecule has 0 aromatic heterocycles. The summed E-state index contributed by atoms with van der Waals surface area (Å²) in [5.41, 5.74) is 0. The van der Waals surface area contributed by atoms with Gasteiger partial charge in [0, 0.05) is 0 Å². The monoisotopic (exact) mass is 283 g/mol. The SMILES string of the molecule is CCOC(=O)NCOCCP(=O)(OCC)OCC. The van der Waals surface area contributed by atoms with Gasteiger partial charge in [-0.3, -0.25) is 9.88 Å². The van der Waals surface area contributed by atoms with E-state index in [4.69, 9.17) is 13.8 Å². The lowest BCUT2D eigenvalue weighted by Crippen LogP contribution is -2.27. The zero-order valence-electron chi connectivity index (χ0n) is 11.1. The van der Waals surface area contributed by atoms with Crippen LogP contribution in [0.4, 0.5) is 4.79 Å². The molecule has 1 amide bonds. The summed E-state index contributed by atoms with van der Waals surface area (Å²) in [7, 11) is -3.06. The maximum atomic E-state index is 12.0. The van der Waals surface area contributed by atoms with E-state index in [1.165, 1.54) is 0 Å². The van der Waals surface area contributed by atoms with Gasteiger partial charge in [-0.2, -0.15) is 0 Å². The average molecular weight is 283 g/mol. The Morgan fingerprint density at radius 1 is 1.11 bits per heavy atom. The highest BCUT2D eigenvalue weighted by atomic mass is 31.2. The van der Waals surface area contributed by atoms with Crippen LogP contribution in [-0.4, -0.2) is 45.4 Å². The highest BCUT2D eigenvalue weighted by Crippen LogP contribution is 2.47. The van der Waals surface area contributed by atoms with Crippen LogP contribution in [-0.2, 0) is 23.1 Å². The largest absolute Gasteiger partial charge is 0.450 e. The summed E-state index contributed by atoms with van der Waals surface area (Å²) in [6.07, 6.45) is -0.394. The Balaban J connectivity index is 3.73. The van der Waals surface area contributed by atoms with Crippen LogP contribution in [0.2, 0.25) is 0 Å². The molecule has 0 aliphatic rings. The van der Waals surface area contributed by atoms with Crippen molar-refractivity contribution in [1.82, 2.24) is 5.32 Å². The molecule has 0 heterocycles. The first-order valence-electron chi connectivity index (χ1n) is 5.94. The fourth-order valence-corrected chi connectivity index (χ4v) is 2.57. The van der Waals surface area contributed by atoms with Gasteiger partial charge in [-0.15, -0.1) is 0 Å². The van der Waals surface area contributed by atoms with E-state index in [0.29, 0.717) is 19.8 Å². The quantitative estimate of drug-likeness (QED) is 0.375. The Bertz CT molecular complexity index is 263. The molecule has 7 nitrogen and oxygen atoms in total. The number of alkyl carbamates (subject to hydrolysis) is 1. The van der Waals surface area contributed by atoms with Crippen LogP contribution in [0, 0.1) is 0 Å². The van der Waals surface area contributed by atoms with Crippen molar-refractivity contribution in [3.8, 4) is 0 Å². The lowest BCUT2D eigenvalue weighted by atomic mass is 10.8. The van der Waals surface area contributed by atoms with E-state index in [2.05, 4.69) is 10.1 Å². The van der Waals surface area contributed by atoms with Gasteiger partial charge in [-0.05, 0) is 20.8 Å². The Morgan fingerprint density at radius 2 is 1.72 bits per heavy atom. The third-order valence-corrected chi connectivity index (χ3v) is 3.79. The number of ether oxygens (including phenoxy) is 2. The Hall–Kier alpha value is -0.620. The number of carbonyl (C=O) groups is 1. The summed E-state index contributed by atoms with van der Waals surface area (Å²) < 4.78 is 31.9. The molecule has 0 fully saturated rings. The average Bonchev–Trinajstić information content (AvgIpc) is 2.29. The van der Waals surface area contributed by atoms with E-state index >= 15 is 0 Å². The molecule has 1 N–H and O–H groups in total. The number of hydrogen-bond acceptors (Lipinski definition) is 6. The molecule has 0 aromatic carbocycles. The van der Waals surface area contributed by atoms with Crippen molar-refractivity contribution in [2.45, 2.75) is 20.8 Å². The van der Waals surface area contributed by atoms with Gasteiger partial charge in [0.2, 0.25) is 0 Å². The number of rotatable bonds is 10. The topological polar surface area (TPSA) is 83.1 Å². The lowest BCUT2D eigenvalue weighted by Gasteiger charge is -2.16. The smallest absolute Gasteiger partial charge is 0.408 e. The molecule has 0 saturated heterocycles. The molecule has 0 unspecified atom stereocenters. The van der Waals surface area contributed by atoms with E-state index in [9.17, 15) is 9.36 Å². The first-order chi connectivity index (χ1) is 8.58. The van der Waals surface area contributed by atoms with Crippen molar-refractivity contribution in [3.05, 3.63) is 0 Å². The van der Waals surface area contributed by atoms with Crippen LogP contribution in [0.3, 0.4) is 0 Å². The predicted octanol–water partition coefficient (Wildman–Crippen LogP) is 1.97. The molecule has 0 spiro atoms. The van der Waals surface area contributed by atoms with Gasteiger partial charge in [0.15, 0.2) is 0 Å². The van der Waals surface area contributed by atoms with Crippen molar-refractivity contribution < 1.29 is 27.9 Å². The van der Waals surface area contributed by atoms with Crippen LogP contribution in [0.5, 0.6) is 0 Å². The summed E-state index contributed by atoms with van der Waals surface area (Å²) in [5, 5.41) is 2.38. The Labute approximate surface area is 108 Å². The second-order valence-electron chi connectivity index (χ2n) is 3.12. The van der Waals surface area contributed by atoms with E-state index in [0.717, 1.165) is 0 Å². The fourth-order valence-electron chi connectivity index (χ4n) is 1.10. The zero-order valence-corrected chi connectivity index (χ0v) is 12.0. The van der Waals surface area contributed by atoms with Gasteiger partial charge in [0.1, 0.15) is 6.73 Å². The Kier molecular flexibility index (Phi) is 9.96. The van der Waals surface area contributed by atoms with Crippen LogP contribution in [0.25, 0.3) is 0 Å². The van der Waals surface area contributed by atoms with Crippen LogP contribution in [0.1, 0.15) is 20.8 Å². The van der Waals surface area contributed by atoms with Crippen LogP contribution < -0.4 is 5.32 Å². The first-order valence-corrected chi connectivity index (χ1v) is 7.67. The molecule has 0 radical (unpaired) electrons. The van der Waals surface area contributed by atoms with Crippen LogP contribution >= 0.6 is 7.60 Å². The summed E-state index contributed by atoms with van der Waals surface area (Å²) in [6.45, 7) is 6.30. The van der Waals surface area contributed by atoms with Crippen molar-refractivity contribution >= 4 is 13.7 Å². The van der Waals surface area contributed by atoms with E-state index in [1.54, 1.807) is 20.8 Å². The maximum absolute atomic E-state index is 12.0. The van der Waals surface area contributed by atoms with Gasteiger partial charge < -0.3 is 18.5 Å². The van der Waals surface area contributed by atoms with Crippen molar-refractivity contribution in [3.63, 3.8) is 0 Å². The summed E-state index contributed by atoms with van der Waals surface area (Å²) in [5.74, 6) is 0. The van der Waals surface area contributed by atoms with Gasteiger partial charge in [-0.1, -0.05) is 0 Å². The van der Waals surface area contributed by atoms with Crippen molar-refractivity contribution in [2.24, 2.45) is 0 Å². The third-order valence-electron chi connectivity index (χ3n) is 1.76. The lowest BCUT2D eigenvalue weighted by molar-refractivity contribution is 0.102. The van der Waals surface area contributed by atoms with Crippen molar-refractivity contribution in [2.75, 3.05) is 39.3 Å². The second-order valence-corrected chi connectivity index (χ2v) is 5.31. The standard InChI is InChI=1S/C10H22NO6P/c1-4-15-10(12)11-9-14-7-8-18(13,16-5-2)17-6-3/h4-9H2,1-3H3,(H,11,12). The van der Waals surface area contributed by atoms with E-state index in [1.807, 2.05) is 0 Å². The third kappa shape index (κ3) is 8.47. The molecule has 108 valence electrons. The molecule has 18 heavy (non-hydrogen) atoms. The second kappa shape index (κ2) is 10.3. The minimum atomic E-state index is -3.06. The number of carbonyl (C=O) groups excluding carboxylic acids is 1. The highest BCUT2D eigenvalue weighted by molar-refractivity contribution is 7.53. The zero-order chi connectivity index (χ0) is 13.9. The fraction of sp³-hybridized carbons (Fsp3) is 0.900. The molecule has 0 bridgehead atoms. The van der Waals surface area contributed by atoms with Gasteiger partial charge in [0.25, 0.3) is 0 Å². The first kappa shape index (κ1) is 17.4. The summed E-state index contributed by atoms with van der Waals surface area (Å²) in [4.78, 5) is 10.9. The molecule has 0 aromatic rings. The predicted molar refractivity (Wildman–Crippen MR) is 66.7 cm³/mol. The highest BCUT2D eigenvalue weighted by Gasteiger charge is 2.22. The molecule has 0 aliphatic heterocycles. The van der Waals surface area contributed by atoms with Crippen LogP contribution in [0.15, 0.2) is 0 Å². The molecular weight excluding hydrogens is 261 g/mol. The molecule has 0 aliphatic carbocycles. The number of nitrogens with one attached hydrogen (secondary N) is 1. The minimum Gasteiger partial charge on any atom is -0.450 e. The summed E-state index contributed by atoms with van der Waals surface area (Å²) >= 11 is 0. The van der Waals surface area contributed by atoms with E-state index < -0.39 is 13.7 Å². The van der Waals surface area contributed by atoms with E-state index in [-0.39, 0.29) is 19.5 Å². The van der Waals surface area contributed by atoms with Crippen molar-refractivity contribution in [1.29, 1.82) is 0 Å². The van der Waals surface area contributed by atoms with Gasteiger partial charge in [-0.25, -0.2) is 4.79 Å². The number of hydrogen-bond donors (Lipinski definition) is 1.